The highest BCUT2D eigenvalue weighted by molar-refractivity contribution is 7.99. The molecule has 2 N–H and O–H groups in total. The van der Waals surface area contributed by atoms with E-state index in [0.717, 1.165) is 0 Å². The number of halogens is 1. The molecule has 0 saturated heterocycles. The highest BCUT2D eigenvalue weighted by Gasteiger charge is 2.06. The molecule has 1 aromatic carbocycles. The average molecular weight is 229 g/mol. The smallest absolute Gasteiger partial charge is 0.315 e. The maximum Gasteiger partial charge on any atom is 0.315 e. The normalized spacial score (nSPS) is 10.0. The third-order valence-corrected chi connectivity index (χ3v) is 2.77. The zero-order valence-corrected chi connectivity index (χ0v) is 9.14. The van der Waals surface area contributed by atoms with Crippen molar-refractivity contribution in [2.45, 2.75) is 5.75 Å². The number of nitrogens with two attached hydrogens (primary N) is 1. The number of carbonyl (C=O) groups is 1. The van der Waals surface area contributed by atoms with Gasteiger partial charge in [0.15, 0.2) is 0 Å². The molecule has 0 aliphatic carbocycles. The van der Waals surface area contributed by atoms with E-state index in [9.17, 15) is 9.18 Å². The van der Waals surface area contributed by atoms with Crippen LogP contribution in [0.3, 0.4) is 0 Å². The summed E-state index contributed by atoms with van der Waals surface area (Å²) in [5.41, 5.74) is 6.04. The number of ether oxygens (including phenoxy) is 1. The molecule has 1 rings (SSSR count). The highest BCUT2D eigenvalue weighted by Crippen LogP contribution is 2.19. The molecule has 82 valence electrons. The molecule has 0 aliphatic heterocycles. The number of benzene rings is 1. The Bertz CT molecular complexity index is 357. The molecule has 0 amide bonds. The number of thioether (sulfide) groups is 1. The van der Waals surface area contributed by atoms with Gasteiger partial charge in [0, 0.05) is 5.75 Å². The van der Waals surface area contributed by atoms with Crippen molar-refractivity contribution in [1.29, 1.82) is 0 Å². The molecule has 0 fully saturated rings. The van der Waals surface area contributed by atoms with E-state index in [1.807, 2.05) is 0 Å². The van der Waals surface area contributed by atoms with Gasteiger partial charge in [-0.3, -0.25) is 4.79 Å². The van der Waals surface area contributed by atoms with Crippen LogP contribution in [0.5, 0.6) is 0 Å². The molecule has 0 atom stereocenters. The number of anilines is 1. The summed E-state index contributed by atoms with van der Waals surface area (Å²) in [5, 5.41) is 0. The lowest BCUT2D eigenvalue weighted by atomic mass is 10.2. The van der Waals surface area contributed by atoms with Crippen molar-refractivity contribution in [1.82, 2.24) is 0 Å². The maximum atomic E-state index is 13.4. The fourth-order valence-corrected chi connectivity index (χ4v) is 1.84. The van der Waals surface area contributed by atoms with Crippen LogP contribution in [0.25, 0.3) is 0 Å². The largest absolute Gasteiger partial charge is 0.468 e. The van der Waals surface area contributed by atoms with Gasteiger partial charge in [0.1, 0.15) is 5.82 Å². The van der Waals surface area contributed by atoms with Crippen LogP contribution in [-0.2, 0) is 15.3 Å². The quantitative estimate of drug-likeness (QED) is 0.632. The van der Waals surface area contributed by atoms with Gasteiger partial charge in [0.05, 0.1) is 18.6 Å². The molecule has 0 aromatic heterocycles. The Balaban J connectivity index is 2.51. The number of rotatable bonds is 4. The fourth-order valence-electron chi connectivity index (χ4n) is 1.01. The summed E-state index contributed by atoms with van der Waals surface area (Å²) in [7, 11) is 1.32. The van der Waals surface area contributed by atoms with E-state index in [-0.39, 0.29) is 17.4 Å². The Morgan fingerprint density at radius 1 is 1.60 bits per heavy atom. The van der Waals surface area contributed by atoms with Gasteiger partial charge in [-0.25, -0.2) is 4.39 Å². The van der Waals surface area contributed by atoms with Gasteiger partial charge in [-0.1, -0.05) is 12.1 Å². The average Bonchev–Trinajstić information content (AvgIpc) is 2.24. The second-order valence-corrected chi connectivity index (χ2v) is 3.87. The van der Waals surface area contributed by atoms with Crippen LogP contribution in [0.1, 0.15) is 5.56 Å². The van der Waals surface area contributed by atoms with Crippen molar-refractivity contribution in [2.75, 3.05) is 18.6 Å². The predicted octanol–water partition coefficient (Wildman–Crippen LogP) is 1.81. The van der Waals surface area contributed by atoms with Gasteiger partial charge in [-0.2, -0.15) is 0 Å². The van der Waals surface area contributed by atoms with E-state index in [2.05, 4.69) is 4.74 Å². The molecular formula is C10H12FNO2S. The molecular weight excluding hydrogens is 217 g/mol. The number of methoxy groups -OCH3 is 1. The van der Waals surface area contributed by atoms with Crippen molar-refractivity contribution >= 4 is 23.4 Å². The van der Waals surface area contributed by atoms with E-state index in [0.29, 0.717) is 11.3 Å². The van der Waals surface area contributed by atoms with Crippen LogP contribution in [0.2, 0.25) is 0 Å². The number of hydrogen-bond acceptors (Lipinski definition) is 4. The van der Waals surface area contributed by atoms with E-state index in [1.165, 1.54) is 24.9 Å². The Morgan fingerprint density at radius 3 is 3.00 bits per heavy atom. The molecule has 0 aliphatic rings. The van der Waals surface area contributed by atoms with Gasteiger partial charge in [-0.15, -0.1) is 11.8 Å². The lowest BCUT2D eigenvalue weighted by molar-refractivity contribution is -0.137. The molecule has 0 unspecified atom stereocenters. The SMILES string of the molecule is COC(=O)CSCc1cccc(N)c1F. The zero-order chi connectivity index (χ0) is 11.3. The van der Waals surface area contributed by atoms with Crippen molar-refractivity contribution in [3.8, 4) is 0 Å². The van der Waals surface area contributed by atoms with Gasteiger partial charge >= 0.3 is 5.97 Å². The third-order valence-electron chi connectivity index (χ3n) is 1.81. The van der Waals surface area contributed by atoms with Gasteiger partial charge in [0.2, 0.25) is 0 Å². The second kappa shape index (κ2) is 5.60. The van der Waals surface area contributed by atoms with E-state index in [4.69, 9.17) is 5.73 Å². The summed E-state index contributed by atoms with van der Waals surface area (Å²) in [6.45, 7) is 0. The molecule has 15 heavy (non-hydrogen) atoms. The van der Waals surface area contributed by atoms with Crippen molar-refractivity contribution in [3.05, 3.63) is 29.6 Å². The Kier molecular flexibility index (Phi) is 4.42. The van der Waals surface area contributed by atoms with Gasteiger partial charge in [-0.05, 0) is 11.6 Å². The summed E-state index contributed by atoms with van der Waals surface area (Å²) < 4.78 is 17.8. The van der Waals surface area contributed by atoms with E-state index < -0.39 is 5.82 Å². The molecule has 5 heteroatoms. The molecule has 1 aromatic rings. The van der Waals surface area contributed by atoms with Crippen molar-refractivity contribution in [3.63, 3.8) is 0 Å². The van der Waals surface area contributed by atoms with Crippen LogP contribution < -0.4 is 5.73 Å². The lowest BCUT2D eigenvalue weighted by Gasteiger charge is -2.04. The van der Waals surface area contributed by atoms with Crippen molar-refractivity contribution < 1.29 is 13.9 Å². The summed E-state index contributed by atoms with van der Waals surface area (Å²) in [6.07, 6.45) is 0. The molecule has 0 spiro atoms. The summed E-state index contributed by atoms with van der Waals surface area (Å²) in [4.78, 5) is 10.8. The number of hydrogen-bond donors (Lipinski definition) is 1. The van der Waals surface area contributed by atoms with Crippen molar-refractivity contribution in [2.24, 2.45) is 0 Å². The lowest BCUT2D eigenvalue weighted by Crippen LogP contribution is -2.04. The van der Waals surface area contributed by atoms with Crippen LogP contribution in [0, 0.1) is 5.82 Å². The van der Waals surface area contributed by atoms with E-state index in [1.54, 1.807) is 12.1 Å². The minimum absolute atomic E-state index is 0.131. The fraction of sp³-hybridized carbons (Fsp3) is 0.300. The summed E-state index contributed by atoms with van der Waals surface area (Å²) in [6, 6.07) is 4.84. The van der Waals surface area contributed by atoms with Crippen LogP contribution >= 0.6 is 11.8 Å². The standard InChI is InChI=1S/C10H12FNO2S/c1-14-9(13)6-15-5-7-3-2-4-8(12)10(7)11/h2-4H,5-6,12H2,1H3. The molecule has 0 bridgehead atoms. The monoisotopic (exact) mass is 229 g/mol. The Morgan fingerprint density at radius 2 is 2.33 bits per heavy atom. The third kappa shape index (κ3) is 3.43. The van der Waals surface area contributed by atoms with E-state index >= 15 is 0 Å². The van der Waals surface area contributed by atoms with Gasteiger partial charge < -0.3 is 10.5 Å². The Hall–Kier alpha value is -1.23. The second-order valence-electron chi connectivity index (χ2n) is 2.89. The summed E-state index contributed by atoms with van der Waals surface area (Å²) in [5.74, 6) is -0.101. The zero-order valence-electron chi connectivity index (χ0n) is 8.33. The first-order valence-electron chi connectivity index (χ1n) is 4.32. The minimum atomic E-state index is -0.408. The molecule has 3 nitrogen and oxygen atoms in total. The highest BCUT2D eigenvalue weighted by atomic mass is 32.2. The van der Waals surface area contributed by atoms with Crippen LogP contribution in [0.4, 0.5) is 10.1 Å². The van der Waals surface area contributed by atoms with Crippen LogP contribution in [-0.4, -0.2) is 18.8 Å². The van der Waals surface area contributed by atoms with Gasteiger partial charge in [0.25, 0.3) is 0 Å². The number of carbonyl (C=O) groups excluding carboxylic acids is 1. The molecule has 0 heterocycles. The minimum Gasteiger partial charge on any atom is -0.468 e. The molecule has 0 radical (unpaired) electrons. The number of esters is 1. The topological polar surface area (TPSA) is 52.3 Å². The van der Waals surface area contributed by atoms with Crippen LogP contribution in [0.15, 0.2) is 18.2 Å². The first-order valence-corrected chi connectivity index (χ1v) is 5.48. The predicted molar refractivity (Wildman–Crippen MR) is 59.0 cm³/mol. The summed E-state index contributed by atoms with van der Waals surface area (Å²) >= 11 is 1.29. The first kappa shape index (κ1) is 11.8. The Labute approximate surface area is 91.8 Å². The number of nitrogen functional groups attached to an aromatic ring is 1. The maximum absolute atomic E-state index is 13.4. The molecule has 0 saturated carbocycles. The first-order chi connectivity index (χ1) is 7.15.